The van der Waals surface area contributed by atoms with E-state index in [0.29, 0.717) is 17.5 Å². The Morgan fingerprint density at radius 2 is 0.962 bits per heavy atom. The SMILES string of the molecule is CC1(C)c2ccccc2-c2ccc3c(c2C1(C)C)c1c2ccccc2ccc1n3-c1ccccc1-c1nc(-c2ccccc2)nc(-c2ccccc2)n1. The Balaban J connectivity index is 1.32. The van der Waals surface area contributed by atoms with E-state index in [9.17, 15) is 0 Å². The van der Waals surface area contributed by atoms with Crippen LogP contribution in [0.25, 0.3) is 83.6 Å². The van der Waals surface area contributed by atoms with E-state index >= 15 is 0 Å². The molecule has 0 bridgehead atoms. The fourth-order valence-corrected chi connectivity index (χ4v) is 8.70. The monoisotopic (exact) mass is 682 g/mol. The molecule has 2 heterocycles. The molecule has 2 aromatic heterocycles. The van der Waals surface area contributed by atoms with E-state index in [1.807, 2.05) is 36.4 Å². The van der Waals surface area contributed by atoms with E-state index in [0.717, 1.165) is 27.9 Å². The van der Waals surface area contributed by atoms with Crippen molar-refractivity contribution >= 4 is 32.6 Å². The van der Waals surface area contributed by atoms with E-state index in [2.05, 4.69) is 154 Å². The lowest BCUT2D eigenvalue weighted by atomic mass is 9.55. The van der Waals surface area contributed by atoms with E-state index in [4.69, 9.17) is 15.0 Å². The third-order valence-corrected chi connectivity index (χ3v) is 12.0. The summed E-state index contributed by atoms with van der Waals surface area (Å²) in [7, 11) is 0. The maximum Gasteiger partial charge on any atom is 0.166 e. The van der Waals surface area contributed by atoms with Crippen LogP contribution in [0, 0.1) is 0 Å². The molecule has 1 aliphatic carbocycles. The Bertz CT molecular complexity index is 2820. The van der Waals surface area contributed by atoms with Crippen LogP contribution in [0.1, 0.15) is 38.8 Å². The van der Waals surface area contributed by atoms with Crippen LogP contribution in [0.5, 0.6) is 0 Å². The van der Waals surface area contributed by atoms with Gasteiger partial charge in [-0.1, -0.05) is 161 Å². The number of fused-ring (bicyclic) bond motifs is 9. The number of aromatic nitrogens is 4. The van der Waals surface area contributed by atoms with Gasteiger partial charge in [-0.25, -0.2) is 15.0 Å². The Morgan fingerprint density at radius 3 is 1.68 bits per heavy atom. The predicted molar refractivity (Wildman–Crippen MR) is 219 cm³/mol. The highest BCUT2D eigenvalue weighted by Gasteiger charge is 2.47. The first-order valence-corrected chi connectivity index (χ1v) is 18.4. The number of rotatable bonds is 4. The average molecular weight is 683 g/mol. The predicted octanol–water partition coefficient (Wildman–Crippen LogP) is 12.4. The molecule has 0 spiro atoms. The summed E-state index contributed by atoms with van der Waals surface area (Å²) in [6.07, 6.45) is 0. The zero-order valence-electron chi connectivity index (χ0n) is 30.3. The minimum absolute atomic E-state index is 0.117. The topological polar surface area (TPSA) is 43.6 Å². The van der Waals surface area contributed by atoms with Crippen molar-refractivity contribution < 1.29 is 0 Å². The van der Waals surface area contributed by atoms with Crippen LogP contribution in [-0.4, -0.2) is 19.5 Å². The standard InChI is InChI=1S/C49H38N4/c1-48(2)38-25-15-13-23-35(38)36-28-30-41-43(44(36)49(48,3)4)42-34-22-12-11-17-31(34)27-29-40(42)53(41)39-26-16-14-24-37(39)47-51-45(32-18-7-5-8-19-32)50-46(52-47)33-20-9-6-10-21-33/h5-30H,1-4H3. The zero-order valence-corrected chi connectivity index (χ0v) is 30.3. The van der Waals surface area contributed by atoms with Gasteiger partial charge in [0.05, 0.1) is 16.7 Å². The molecule has 4 nitrogen and oxygen atoms in total. The summed E-state index contributed by atoms with van der Waals surface area (Å²) in [6, 6.07) is 56.0. The molecular weight excluding hydrogens is 645 g/mol. The number of nitrogens with zero attached hydrogens (tertiary/aromatic N) is 4. The highest BCUT2D eigenvalue weighted by atomic mass is 15.1. The zero-order chi connectivity index (χ0) is 35.9. The Morgan fingerprint density at radius 1 is 0.415 bits per heavy atom. The molecule has 0 saturated heterocycles. The second-order valence-electron chi connectivity index (χ2n) is 15.2. The first kappa shape index (κ1) is 31.4. The van der Waals surface area contributed by atoms with Gasteiger partial charge >= 0.3 is 0 Å². The van der Waals surface area contributed by atoms with E-state index < -0.39 is 0 Å². The van der Waals surface area contributed by atoms with Crippen LogP contribution >= 0.6 is 0 Å². The number of benzene rings is 7. The number of hydrogen-bond donors (Lipinski definition) is 0. The molecule has 0 aliphatic heterocycles. The Labute approximate surface area is 309 Å². The minimum atomic E-state index is -0.185. The maximum absolute atomic E-state index is 5.18. The quantitative estimate of drug-likeness (QED) is 0.186. The molecule has 0 N–H and O–H groups in total. The summed E-state index contributed by atoms with van der Waals surface area (Å²) >= 11 is 0. The van der Waals surface area contributed by atoms with Crippen LogP contribution < -0.4 is 0 Å². The van der Waals surface area contributed by atoms with Gasteiger partial charge in [-0.2, -0.15) is 0 Å². The van der Waals surface area contributed by atoms with Crippen LogP contribution in [0.4, 0.5) is 0 Å². The van der Waals surface area contributed by atoms with Crippen molar-refractivity contribution in [2.75, 3.05) is 0 Å². The summed E-state index contributed by atoms with van der Waals surface area (Å²) in [5.74, 6) is 1.93. The molecule has 254 valence electrons. The van der Waals surface area contributed by atoms with Crippen molar-refractivity contribution in [3.8, 4) is 51.0 Å². The van der Waals surface area contributed by atoms with Crippen LogP contribution in [0.3, 0.4) is 0 Å². The van der Waals surface area contributed by atoms with Gasteiger partial charge in [0.2, 0.25) is 0 Å². The molecule has 0 unspecified atom stereocenters. The summed E-state index contributed by atoms with van der Waals surface area (Å²) in [5, 5.41) is 5.07. The third-order valence-electron chi connectivity index (χ3n) is 12.0. The van der Waals surface area contributed by atoms with Gasteiger partial charge in [-0.3, -0.25) is 0 Å². The molecule has 10 rings (SSSR count). The lowest BCUT2D eigenvalue weighted by Crippen LogP contribution is -2.43. The molecule has 53 heavy (non-hydrogen) atoms. The molecule has 7 aromatic carbocycles. The van der Waals surface area contributed by atoms with Crippen LogP contribution in [0.15, 0.2) is 158 Å². The van der Waals surface area contributed by atoms with E-state index in [1.165, 1.54) is 49.3 Å². The Hall–Kier alpha value is -6.39. The second kappa shape index (κ2) is 11.6. The average Bonchev–Trinajstić information content (AvgIpc) is 3.55. The van der Waals surface area contributed by atoms with E-state index in [-0.39, 0.29) is 10.8 Å². The normalized spacial score (nSPS) is 14.3. The summed E-state index contributed by atoms with van der Waals surface area (Å²) in [4.78, 5) is 15.4. The molecule has 0 saturated carbocycles. The molecule has 1 aliphatic rings. The molecule has 0 radical (unpaired) electrons. The first-order chi connectivity index (χ1) is 25.8. The summed E-state index contributed by atoms with van der Waals surface area (Å²) < 4.78 is 2.45. The van der Waals surface area contributed by atoms with Gasteiger partial charge in [0, 0.05) is 32.9 Å². The molecule has 0 amide bonds. The van der Waals surface area contributed by atoms with Gasteiger partial charge < -0.3 is 4.57 Å². The van der Waals surface area contributed by atoms with Crippen molar-refractivity contribution in [3.05, 3.63) is 169 Å². The second-order valence-corrected chi connectivity index (χ2v) is 15.2. The van der Waals surface area contributed by atoms with Crippen LogP contribution in [0.2, 0.25) is 0 Å². The van der Waals surface area contributed by atoms with Gasteiger partial charge in [-0.05, 0) is 62.7 Å². The fraction of sp³-hybridized carbons (Fsp3) is 0.122. The van der Waals surface area contributed by atoms with Crippen molar-refractivity contribution in [1.82, 2.24) is 19.5 Å². The van der Waals surface area contributed by atoms with Gasteiger partial charge in [-0.15, -0.1) is 0 Å². The lowest BCUT2D eigenvalue weighted by molar-refractivity contribution is 0.301. The highest BCUT2D eigenvalue weighted by molar-refractivity contribution is 6.23. The largest absolute Gasteiger partial charge is 0.308 e. The summed E-state index contributed by atoms with van der Waals surface area (Å²) in [5.41, 5.74) is 11.3. The molecule has 4 heteroatoms. The van der Waals surface area contributed by atoms with Crippen molar-refractivity contribution in [1.29, 1.82) is 0 Å². The van der Waals surface area contributed by atoms with Crippen LogP contribution in [-0.2, 0) is 10.8 Å². The van der Waals surface area contributed by atoms with Crippen molar-refractivity contribution in [3.63, 3.8) is 0 Å². The van der Waals surface area contributed by atoms with Gasteiger partial charge in [0.25, 0.3) is 0 Å². The first-order valence-electron chi connectivity index (χ1n) is 18.4. The lowest BCUT2D eigenvalue weighted by Gasteiger charge is -2.48. The van der Waals surface area contributed by atoms with Gasteiger partial charge in [0.1, 0.15) is 0 Å². The third kappa shape index (κ3) is 4.58. The van der Waals surface area contributed by atoms with Crippen molar-refractivity contribution in [2.24, 2.45) is 0 Å². The number of para-hydroxylation sites is 1. The fourth-order valence-electron chi connectivity index (χ4n) is 8.70. The number of hydrogen-bond acceptors (Lipinski definition) is 3. The smallest absolute Gasteiger partial charge is 0.166 e. The highest BCUT2D eigenvalue weighted by Crippen LogP contribution is 2.57. The Kier molecular flexibility index (Phi) is 6.84. The molecule has 0 fully saturated rings. The summed E-state index contributed by atoms with van der Waals surface area (Å²) in [6.45, 7) is 9.69. The minimum Gasteiger partial charge on any atom is -0.308 e. The van der Waals surface area contributed by atoms with E-state index in [1.54, 1.807) is 0 Å². The molecule has 0 atom stereocenters. The van der Waals surface area contributed by atoms with Gasteiger partial charge in [0.15, 0.2) is 17.5 Å². The maximum atomic E-state index is 5.18. The molecular formula is C49H38N4. The van der Waals surface area contributed by atoms with Crippen molar-refractivity contribution in [2.45, 2.75) is 38.5 Å². The molecule has 9 aromatic rings.